The number of nitrogens with zero attached hydrogens (tertiary/aromatic N) is 3. The van der Waals surface area contributed by atoms with Gasteiger partial charge in [-0.2, -0.15) is 0 Å². The van der Waals surface area contributed by atoms with Crippen LogP contribution in [0.2, 0.25) is 0 Å². The molecule has 0 aliphatic heterocycles. The number of carbonyl (C=O) groups is 1. The van der Waals surface area contributed by atoms with Crippen molar-refractivity contribution in [3.63, 3.8) is 0 Å². The molecule has 1 aliphatic carbocycles. The van der Waals surface area contributed by atoms with Crippen LogP contribution in [0.1, 0.15) is 54.6 Å². The van der Waals surface area contributed by atoms with Crippen LogP contribution in [-0.2, 0) is 30.6 Å². The number of amides is 1. The highest BCUT2D eigenvalue weighted by Gasteiger charge is 2.26. The Morgan fingerprint density at radius 1 is 1.23 bits per heavy atom. The van der Waals surface area contributed by atoms with Crippen LogP contribution in [0, 0.1) is 0 Å². The smallest absolute Gasteiger partial charge is 0.263 e. The lowest BCUT2D eigenvalue weighted by Gasteiger charge is -2.21. The van der Waals surface area contributed by atoms with Gasteiger partial charge >= 0.3 is 0 Å². The maximum absolute atomic E-state index is 13.7. The topological polar surface area (TPSA) is 67.2 Å². The Bertz CT molecular complexity index is 1160. The Kier molecular flexibility index (Phi) is 6.25. The van der Waals surface area contributed by atoms with E-state index >= 15 is 0 Å². The molecule has 4 rings (SSSR count). The summed E-state index contributed by atoms with van der Waals surface area (Å²) in [4.78, 5) is 35.7. The van der Waals surface area contributed by atoms with Crippen molar-refractivity contribution in [3.8, 4) is 0 Å². The first-order chi connectivity index (χ1) is 14.9. The molecule has 1 N–H and O–H groups in total. The minimum absolute atomic E-state index is 0.0924. The number of thiophene rings is 1. The van der Waals surface area contributed by atoms with E-state index in [0.29, 0.717) is 17.8 Å². The van der Waals surface area contributed by atoms with Gasteiger partial charge in [0, 0.05) is 10.6 Å². The summed E-state index contributed by atoms with van der Waals surface area (Å²) < 4.78 is 1.60. The number of hydrogen-bond donors (Lipinski definition) is 1. The summed E-state index contributed by atoms with van der Waals surface area (Å²) in [5.41, 5.74) is 3.01. The highest BCUT2D eigenvalue weighted by atomic mass is 32.1. The minimum atomic E-state index is -0.663. The maximum Gasteiger partial charge on any atom is 0.263 e. The summed E-state index contributed by atoms with van der Waals surface area (Å²) in [5, 5.41) is 3.68. The van der Waals surface area contributed by atoms with Crippen molar-refractivity contribution in [2.24, 2.45) is 0 Å². The monoisotopic (exact) mass is 438 g/mol. The predicted molar refractivity (Wildman–Crippen MR) is 127 cm³/mol. The number of benzene rings is 1. The van der Waals surface area contributed by atoms with Gasteiger partial charge < -0.3 is 10.2 Å². The number of aryl methyl sites for hydroxylation is 3. The molecule has 1 unspecified atom stereocenters. The number of anilines is 1. The van der Waals surface area contributed by atoms with Crippen LogP contribution in [0.15, 0.2) is 29.1 Å². The van der Waals surface area contributed by atoms with Crippen LogP contribution in [0.5, 0.6) is 0 Å². The Hall–Kier alpha value is -2.51. The average Bonchev–Trinajstić information content (AvgIpc) is 3.12. The Morgan fingerprint density at radius 2 is 1.94 bits per heavy atom. The van der Waals surface area contributed by atoms with Gasteiger partial charge in [-0.05, 0) is 76.4 Å². The minimum Gasteiger partial charge on any atom is -0.324 e. The van der Waals surface area contributed by atoms with Crippen LogP contribution in [0.25, 0.3) is 10.2 Å². The van der Waals surface area contributed by atoms with Crippen LogP contribution in [0.4, 0.5) is 5.69 Å². The molecule has 0 radical (unpaired) electrons. The first-order valence-electron chi connectivity index (χ1n) is 11.0. The molecule has 7 heteroatoms. The van der Waals surface area contributed by atoms with Crippen molar-refractivity contribution in [2.45, 2.75) is 58.5 Å². The average molecular weight is 439 g/mol. The van der Waals surface area contributed by atoms with E-state index in [1.54, 1.807) is 22.8 Å². The Morgan fingerprint density at radius 3 is 2.61 bits per heavy atom. The van der Waals surface area contributed by atoms with Crippen LogP contribution in [0.3, 0.4) is 0 Å². The van der Waals surface area contributed by atoms with Crippen LogP contribution >= 0.6 is 11.3 Å². The first-order valence-corrected chi connectivity index (χ1v) is 11.8. The quantitative estimate of drug-likeness (QED) is 0.628. The highest BCUT2D eigenvalue weighted by Crippen LogP contribution is 2.34. The summed E-state index contributed by atoms with van der Waals surface area (Å²) in [6.07, 6.45) is 5.15. The third-order valence-electron chi connectivity index (χ3n) is 5.95. The van der Waals surface area contributed by atoms with E-state index in [2.05, 4.69) is 12.2 Å². The van der Waals surface area contributed by atoms with Crippen molar-refractivity contribution in [1.29, 1.82) is 0 Å². The Labute approximate surface area is 186 Å². The molecule has 1 amide bonds. The van der Waals surface area contributed by atoms with E-state index in [0.717, 1.165) is 48.2 Å². The molecule has 31 heavy (non-hydrogen) atoms. The second kappa shape index (κ2) is 8.93. The van der Waals surface area contributed by atoms with Gasteiger partial charge in [0.05, 0.1) is 11.9 Å². The van der Waals surface area contributed by atoms with E-state index < -0.39 is 6.04 Å². The first kappa shape index (κ1) is 21.7. The normalized spacial score (nSPS) is 14.6. The largest absolute Gasteiger partial charge is 0.324 e. The fourth-order valence-corrected chi connectivity index (χ4v) is 5.51. The van der Waals surface area contributed by atoms with Gasteiger partial charge in [0.15, 0.2) is 0 Å². The molecule has 0 saturated heterocycles. The fourth-order valence-electron chi connectivity index (χ4n) is 4.24. The zero-order chi connectivity index (χ0) is 22.1. The van der Waals surface area contributed by atoms with Gasteiger partial charge in [-0.3, -0.25) is 14.2 Å². The van der Waals surface area contributed by atoms with Gasteiger partial charge in [-0.25, -0.2) is 4.98 Å². The predicted octanol–water partition coefficient (Wildman–Crippen LogP) is 4.16. The molecule has 0 bridgehead atoms. The number of rotatable bonds is 6. The second-order valence-corrected chi connectivity index (χ2v) is 9.63. The zero-order valence-corrected chi connectivity index (χ0v) is 19.5. The van der Waals surface area contributed by atoms with Crippen LogP contribution < -0.4 is 10.9 Å². The molecule has 0 spiro atoms. The summed E-state index contributed by atoms with van der Waals surface area (Å²) in [6.45, 7) is 4.37. The highest BCUT2D eigenvalue weighted by molar-refractivity contribution is 7.18. The SMILES string of the molecule is CCc1ccc(NC(=O)C(C)n2c(CN(C)C)nc3sc4c(c3c2=O)CCCC4)cc1. The van der Waals surface area contributed by atoms with Gasteiger partial charge in [0.2, 0.25) is 5.91 Å². The fraction of sp³-hybridized carbons (Fsp3) is 0.458. The zero-order valence-electron chi connectivity index (χ0n) is 18.7. The number of aromatic nitrogens is 2. The molecule has 1 atom stereocenters. The molecule has 2 heterocycles. The molecular weight excluding hydrogens is 408 g/mol. The third kappa shape index (κ3) is 4.29. The third-order valence-corrected chi connectivity index (χ3v) is 7.13. The molecule has 0 saturated carbocycles. The van der Waals surface area contributed by atoms with E-state index in [-0.39, 0.29) is 11.5 Å². The molecule has 164 valence electrons. The van der Waals surface area contributed by atoms with E-state index in [1.807, 2.05) is 43.3 Å². The summed E-state index contributed by atoms with van der Waals surface area (Å²) >= 11 is 1.65. The summed E-state index contributed by atoms with van der Waals surface area (Å²) in [5.74, 6) is 0.418. The summed E-state index contributed by atoms with van der Waals surface area (Å²) in [6, 6.07) is 7.17. The molecule has 3 aromatic rings. The van der Waals surface area contributed by atoms with Gasteiger partial charge in [-0.1, -0.05) is 19.1 Å². The number of nitrogens with one attached hydrogen (secondary N) is 1. The molecule has 1 aromatic carbocycles. The molecule has 0 fully saturated rings. The van der Waals surface area contributed by atoms with E-state index in [1.165, 1.54) is 10.4 Å². The lowest BCUT2D eigenvalue weighted by molar-refractivity contribution is -0.119. The van der Waals surface area contributed by atoms with E-state index in [9.17, 15) is 9.59 Å². The maximum atomic E-state index is 13.7. The summed E-state index contributed by atoms with van der Waals surface area (Å²) in [7, 11) is 3.89. The Balaban J connectivity index is 1.75. The molecule has 2 aromatic heterocycles. The second-order valence-electron chi connectivity index (χ2n) is 8.55. The van der Waals surface area contributed by atoms with E-state index in [4.69, 9.17) is 4.98 Å². The van der Waals surface area contributed by atoms with Crippen molar-refractivity contribution >= 4 is 33.1 Å². The molecule has 6 nitrogen and oxygen atoms in total. The van der Waals surface area contributed by atoms with Crippen molar-refractivity contribution in [2.75, 3.05) is 19.4 Å². The molecular formula is C24H30N4O2S. The van der Waals surface area contributed by atoms with Crippen LogP contribution in [-0.4, -0.2) is 34.5 Å². The number of hydrogen-bond acceptors (Lipinski definition) is 5. The van der Waals surface area contributed by atoms with Gasteiger partial charge in [-0.15, -0.1) is 11.3 Å². The lowest BCUT2D eigenvalue weighted by atomic mass is 9.97. The van der Waals surface area contributed by atoms with Crippen molar-refractivity contribution in [1.82, 2.24) is 14.5 Å². The number of fused-ring (bicyclic) bond motifs is 3. The lowest BCUT2D eigenvalue weighted by Crippen LogP contribution is -2.36. The van der Waals surface area contributed by atoms with Crippen molar-refractivity contribution < 1.29 is 4.79 Å². The van der Waals surface area contributed by atoms with Crippen molar-refractivity contribution in [3.05, 3.63) is 56.4 Å². The molecule has 1 aliphatic rings. The van der Waals surface area contributed by atoms with Gasteiger partial charge in [0.25, 0.3) is 5.56 Å². The number of carbonyl (C=O) groups excluding carboxylic acids is 1. The standard InChI is InChI=1S/C24H30N4O2S/c1-5-16-10-12-17(13-11-16)25-22(29)15(2)28-20(14-27(3)4)26-23-21(24(28)30)18-8-6-7-9-19(18)31-23/h10-13,15H,5-9,14H2,1-4H3,(H,25,29). The van der Waals surface area contributed by atoms with Gasteiger partial charge in [0.1, 0.15) is 16.7 Å².